The van der Waals surface area contributed by atoms with Crippen molar-refractivity contribution in [2.75, 3.05) is 0 Å². The molecule has 0 aromatic heterocycles. The molecular weight excluding hydrogens is 181 g/mol. The zero-order valence-electron chi connectivity index (χ0n) is 8.17. The van der Waals surface area contributed by atoms with E-state index in [1.807, 2.05) is 0 Å². The Morgan fingerprint density at radius 2 is 2.21 bits per heavy atom. The molecule has 74 valence electrons. The first-order chi connectivity index (χ1) is 6.65. The van der Waals surface area contributed by atoms with Crippen LogP contribution in [0.5, 0.6) is 0 Å². The number of allylic oxidation sites excluding steroid dienone is 1. The van der Waals surface area contributed by atoms with E-state index in [2.05, 4.69) is 5.32 Å². The van der Waals surface area contributed by atoms with E-state index in [4.69, 9.17) is 0 Å². The molecule has 0 atom stereocenters. The average Bonchev–Trinajstić information content (AvgIpc) is 2.14. The number of carbonyl (C=O) groups is 1. The fraction of sp³-hybridized carbons (Fsp3) is 0.182. The van der Waals surface area contributed by atoms with Gasteiger partial charge < -0.3 is 5.32 Å². The number of aryl methyl sites for hydroxylation is 1. The van der Waals surface area contributed by atoms with Gasteiger partial charge in [-0.25, -0.2) is 4.39 Å². The van der Waals surface area contributed by atoms with Gasteiger partial charge in [0.25, 0.3) is 5.91 Å². The van der Waals surface area contributed by atoms with Crippen LogP contribution in [-0.4, -0.2) is 5.91 Å². The first kappa shape index (κ1) is 10.4. The maximum atomic E-state index is 12.7. The van der Waals surface area contributed by atoms with Gasteiger partial charge in [0.1, 0.15) is 5.82 Å². The van der Waals surface area contributed by atoms with Gasteiger partial charge in [0, 0.05) is 5.56 Å². The first-order valence-electron chi connectivity index (χ1n) is 4.33. The number of nitrogens with one attached hydrogen (secondary N) is 1. The van der Waals surface area contributed by atoms with Crippen molar-refractivity contribution in [3.63, 3.8) is 0 Å². The fourth-order valence-electron chi connectivity index (χ4n) is 1.12. The Balaban J connectivity index is 2.90. The molecule has 0 aliphatic rings. The SMILES string of the molecule is C/C=C\NC(=O)c1ccc(F)cc1C. The van der Waals surface area contributed by atoms with Crippen LogP contribution in [0.25, 0.3) is 0 Å². The molecule has 0 aliphatic heterocycles. The Morgan fingerprint density at radius 1 is 1.50 bits per heavy atom. The predicted molar refractivity (Wildman–Crippen MR) is 53.4 cm³/mol. The van der Waals surface area contributed by atoms with Crippen molar-refractivity contribution in [3.8, 4) is 0 Å². The normalized spacial score (nSPS) is 10.5. The number of amides is 1. The lowest BCUT2D eigenvalue weighted by atomic mass is 10.1. The average molecular weight is 193 g/mol. The summed E-state index contributed by atoms with van der Waals surface area (Å²) in [4.78, 5) is 11.5. The zero-order chi connectivity index (χ0) is 10.6. The molecule has 0 radical (unpaired) electrons. The maximum absolute atomic E-state index is 12.7. The predicted octanol–water partition coefficient (Wildman–Crippen LogP) is 2.40. The maximum Gasteiger partial charge on any atom is 0.255 e. The molecule has 1 amide bonds. The van der Waals surface area contributed by atoms with Crippen molar-refractivity contribution in [2.45, 2.75) is 13.8 Å². The van der Waals surface area contributed by atoms with E-state index in [0.29, 0.717) is 11.1 Å². The third kappa shape index (κ3) is 2.42. The number of benzene rings is 1. The molecular formula is C11H12FNO. The summed E-state index contributed by atoms with van der Waals surface area (Å²) < 4.78 is 12.7. The molecule has 0 fully saturated rings. The minimum atomic E-state index is -0.329. The van der Waals surface area contributed by atoms with Gasteiger partial charge in [-0.2, -0.15) is 0 Å². The first-order valence-corrected chi connectivity index (χ1v) is 4.33. The summed E-state index contributed by atoms with van der Waals surface area (Å²) in [5.74, 6) is -0.550. The molecule has 0 unspecified atom stereocenters. The van der Waals surface area contributed by atoms with Crippen LogP contribution >= 0.6 is 0 Å². The summed E-state index contributed by atoms with van der Waals surface area (Å²) in [6, 6.07) is 4.09. The number of hydrogen-bond donors (Lipinski definition) is 1. The fourth-order valence-corrected chi connectivity index (χ4v) is 1.12. The minimum Gasteiger partial charge on any atom is -0.329 e. The van der Waals surface area contributed by atoms with Gasteiger partial charge in [-0.1, -0.05) is 6.08 Å². The number of carbonyl (C=O) groups excluding carboxylic acids is 1. The summed E-state index contributed by atoms with van der Waals surface area (Å²) >= 11 is 0. The summed E-state index contributed by atoms with van der Waals surface area (Å²) in [5, 5.41) is 2.57. The van der Waals surface area contributed by atoms with Gasteiger partial charge in [-0.15, -0.1) is 0 Å². The van der Waals surface area contributed by atoms with E-state index in [-0.39, 0.29) is 11.7 Å². The smallest absolute Gasteiger partial charge is 0.255 e. The van der Waals surface area contributed by atoms with E-state index >= 15 is 0 Å². The van der Waals surface area contributed by atoms with Crippen molar-refractivity contribution in [1.29, 1.82) is 0 Å². The van der Waals surface area contributed by atoms with Crippen molar-refractivity contribution >= 4 is 5.91 Å². The molecule has 0 saturated heterocycles. The van der Waals surface area contributed by atoms with E-state index < -0.39 is 0 Å². The highest BCUT2D eigenvalue weighted by atomic mass is 19.1. The van der Waals surface area contributed by atoms with Crippen LogP contribution in [0.3, 0.4) is 0 Å². The largest absolute Gasteiger partial charge is 0.329 e. The van der Waals surface area contributed by atoms with E-state index in [9.17, 15) is 9.18 Å². The van der Waals surface area contributed by atoms with Crippen LogP contribution in [0, 0.1) is 12.7 Å². The lowest BCUT2D eigenvalue weighted by molar-refractivity contribution is 0.0969. The molecule has 1 aromatic rings. The summed E-state index contributed by atoms with van der Waals surface area (Å²) in [7, 11) is 0. The second-order valence-electron chi connectivity index (χ2n) is 2.93. The molecule has 3 heteroatoms. The van der Waals surface area contributed by atoms with Crippen LogP contribution in [0.2, 0.25) is 0 Å². The summed E-state index contributed by atoms with van der Waals surface area (Å²) in [6.07, 6.45) is 3.27. The Labute approximate surface area is 82.4 Å². The highest BCUT2D eigenvalue weighted by molar-refractivity contribution is 5.96. The highest BCUT2D eigenvalue weighted by Crippen LogP contribution is 2.09. The molecule has 14 heavy (non-hydrogen) atoms. The van der Waals surface area contributed by atoms with Crippen molar-refractivity contribution < 1.29 is 9.18 Å². The molecule has 0 spiro atoms. The van der Waals surface area contributed by atoms with Crippen molar-refractivity contribution in [1.82, 2.24) is 5.32 Å². The minimum absolute atomic E-state index is 0.222. The second kappa shape index (κ2) is 4.56. The Morgan fingerprint density at radius 3 is 2.79 bits per heavy atom. The van der Waals surface area contributed by atoms with Gasteiger partial charge in [0.05, 0.1) is 0 Å². The van der Waals surface area contributed by atoms with Gasteiger partial charge in [-0.05, 0) is 43.8 Å². The van der Waals surface area contributed by atoms with Crippen LogP contribution in [0.15, 0.2) is 30.5 Å². The van der Waals surface area contributed by atoms with E-state index in [0.717, 1.165) is 0 Å². The molecule has 0 aliphatic carbocycles. The lowest BCUT2D eigenvalue weighted by Crippen LogP contribution is -2.18. The third-order valence-corrected chi connectivity index (χ3v) is 1.81. The third-order valence-electron chi connectivity index (χ3n) is 1.81. The van der Waals surface area contributed by atoms with Gasteiger partial charge in [-0.3, -0.25) is 4.79 Å². The van der Waals surface area contributed by atoms with Crippen LogP contribution in [0.1, 0.15) is 22.8 Å². The van der Waals surface area contributed by atoms with E-state index in [1.165, 1.54) is 18.2 Å². The molecule has 0 heterocycles. The van der Waals surface area contributed by atoms with E-state index in [1.54, 1.807) is 26.1 Å². The molecule has 1 N–H and O–H groups in total. The van der Waals surface area contributed by atoms with Gasteiger partial charge >= 0.3 is 0 Å². The van der Waals surface area contributed by atoms with Gasteiger partial charge in [0.15, 0.2) is 0 Å². The molecule has 1 aromatic carbocycles. The molecule has 0 bridgehead atoms. The monoisotopic (exact) mass is 193 g/mol. The van der Waals surface area contributed by atoms with Crippen LogP contribution < -0.4 is 5.32 Å². The topological polar surface area (TPSA) is 29.1 Å². The molecule has 2 nitrogen and oxygen atoms in total. The summed E-state index contributed by atoms with van der Waals surface area (Å²) in [6.45, 7) is 3.51. The lowest BCUT2D eigenvalue weighted by Gasteiger charge is -2.03. The van der Waals surface area contributed by atoms with Crippen molar-refractivity contribution in [3.05, 3.63) is 47.4 Å². The van der Waals surface area contributed by atoms with Gasteiger partial charge in [0.2, 0.25) is 0 Å². The Bertz CT molecular complexity index is 372. The highest BCUT2D eigenvalue weighted by Gasteiger charge is 2.07. The second-order valence-corrected chi connectivity index (χ2v) is 2.93. The quantitative estimate of drug-likeness (QED) is 0.767. The van der Waals surface area contributed by atoms with Crippen LogP contribution in [-0.2, 0) is 0 Å². The Hall–Kier alpha value is -1.64. The Kier molecular flexibility index (Phi) is 3.40. The number of halogens is 1. The number of hydrogen-bond acceptors (Lipinski definition) is 1. The summed E-state index contributed by atoms with van der Waals surface area (Å²) in [5.41, 5.74) is 1.12. The van der Waals surface area contributed by atoms with Crippen molar-refractivity contribution in [2.24, 2.45) is 0 Å². The standard InChI is InChI=1S/C11H12FNO/c1-3-6-13-11(14)10-5-4-9(12)7-8(10)2/h3-7H,1-2H3,(H,13,14)/b6-3-. The molecule has 1 rings (SSSR count). The molecule has 0 saturated carbocycles. The number of rotatable bonds is 2. The van der Waals surface area contributed by atoms with Crippen LogP contribution in [0.4, 0.5) is 4.39 Å². The zero-order valence-corrected chi connectivity index (χ0v) is 8.17.